The number of fused-ring (bicyclic) bond motifs is 3. The Morgan fingerprint density at radius 1 is 1.00 bits per heavy atom. The number of aromatic nitrogens is 4. The average Bonchev–Trinajstić information content (AvgIpc) is 3.15. The van der Waals surface area contributed by atoms with Gasteiger partial charge in [-0.3, -0.25) is 4.79 Å². The minimum absolute atomic E-state index is 0.104. The molecule has 1 aliphatic heterocycles. The van der Waals surface area contributed by atoms with Crippen molar-refractivity contribution in [3.63, 3.8) is 0 Å². The molecule has 0 radical (unpaired) electrons. The molecule has 0 atom stereocenters. The zero-order chi connectivity index (χ0) is 23.7. The molecule has 0 N–H and O–H groups in total. The second-order valence-electron chi connectivity index (χ2n) is 8.59. The first-order chi connectivity index (χ1) is 16.6. The van der Waals surface area contributed by atoms with Gasteiger partial charge in [0.05, 0.1) is 29.8 Å². The molecule has 3 heterocycles. The molecule has 1 fully saturated rings. The molecule has 34 heavy (non-hydrogen) atoms. The van der Waals surface area contributed by atoms with Gasteiger partial charge < -0.3 is 14.5 Å². The number of carbonyl (C=O) groups is 2. The second-order valence-corrected chi connectivity index (χ2v) is 8.59. The topological polar surface area (TPSA) is 93.5 Å². The predicted molar refractivity (Wildman–Crippen MR) is 126 cm³/mol. The van der Waals surface area contributed by atoms with Crippen LogP contribution < -0.4 is 0 Å². The highest BCUT2D eigenvalue weighted by atomic mass is 16.6. The van der Waals surface area contributed by atoms with Crippen molar-refractivity contribution in [2.45, 2.75) is 33.1 Å². The summed E-state index contributed by atoms with van der Waals surface area (Å²) in [5.41, 5.74) is 5.72. The number of rotatable bonds is 3. The van der Waals surface area contributed by atoms with Crippen LogP contribution in [0.1, 0.15) is 40.5 Å². The molecule has 2 amide bonds. The first-order valence-electron chi connectivity index (χ1n) is 11.8. The molecule has 176 valence electrons. The van der Waals surface area contributed by atoms with Crippen molar-refractivity contribution in [2.24, 2.45) is 0 Å². The van der Waals surface area contributed by atoms with Crippen LogP contribution in [0.15, 0.2) is 36.7 Å². The molecule has 5 rings (SSSR count). The first kappa shape index (κ1) is 22.1. The van der Waals surface area contributed by atoms with E-state index in [9.17, 15) is 9.59 Å². The quantitative estimate of drug-likeness (QED) is 0.596. The van der Waals surface area contributed by atoms with Gasteiger partial charge in [0, 0.05) is 37.9 Å². The van der Waals surface area contributed by atoms with Gasteiger partial charge in [0.15, 0.2) is 0 Å². The van der Waals surface area contributed by atoms with Gasteiger partial charge in [-0.25, -0.2) is 19.4 Å². The number of hydrogen-bond acceptors (Lipinski definition) is 6. The Labute approximate surface area is 198 Å². The average molecular weight is 461 g/mol. The zero-order valence-electron chi connectivity index (χ0n) is 19.5. The van der Waals surface area contributed by atoms with Crippen LogP contribution in [0.4, 0.5) is 4.79 Å². The van der Waals surface area contributed by atoms with E-state index in [4.69, 9.17) is 9.72 Å². The molecule has 1 aromatic carbocycles. The first-order valence-corrected chi connectivity index (χ1v) is 11.8. The zero-order valence-corrected chi connectivity index (χ0v) is 19.5. The lowest BCUT2D eigenvalue weighted by molar-refractivity contribution is 0.0570. The van der Waals surface area contributed by atoms with Crippen molar-refractivity contribution in [2.75, 3.05) is 32.8 Å². The normalized spacial score (nSPS) is 15.4. The molecule has 1 aliphatic carbocycles. The minimum Gasteiger partial charge on any atom is -0.450 e. The second kappa shape index (κ2) is 9.24. The Bertz CT molecular complexity index is 1230. The van der Waals surface area contributed by atoms with Crippen LogP contribution >= 0.6 is 0 Å². The van der Waals surface area contributed by atoms with Crippen LogP contribution in [0.25, 0.3) is 17.2 Å². The third-order valence-corrected chi connectivity index (χ3v) is 6.54. The van der Waals surface area contributed by atoms with Crippen LogP contribution in [-0.4, -0.2) is 74.3 Å². The lowest BCUT2D eigenvalue weighted by atomic mass is 10.0. The van der Waals surface area contributed by atoms with E-state index in [1.165, 1.54) is 5.56 Å². The molecule has 9 heteroatoms. The van der Waals surface area contributed by atoms with E-state index in [1.807, 2.05) is 19.2 Å². The van der Waals surface area contributed by atoms with E-state index in [-0.39, 0.29) is 12.0 Å². The fraction of sp³-hybridized carbons (Fsp3) is 0.400. The van der Waals surface area contributed by atoms with Crippen LogP contribution in [0.2, 0.25) is 0 Å². The van der Waals surface area contributed by atoms with Gasteiger partial charge in [-0.05, 0) is 44.2 Å². The Kier molecular flexibility index (Phi) is 6.00. The van der Waals surface area contributed by atoms with Gasteiger partial charge in [-0.15, -0.1) is 0 Å². The third kappa shape index (κ3) is 4.02. The maximum atomic E-state index is 13.2. The predicted octanol–water partition coefficient (Wildman–Crippen LogP) is 3.04. The van der Waals surface area contributed by atoms with Crippen molar-refractivity contribution in [1.82, 2.24) is 29.5 Å². The SMILES string of the molecule is CCOC(=O)N1CCN(C(=O)c2cnn(-c3ncc4c(n3)-c3ccccc3CCC4)c2C)CC1. The van der Waals surface area contributed by atoms with E-state index in [2.05, 4.69) is 28.3 Å². The number of aryl methyl sites for hydroxylation is 2. The lowest BCUT2D eigenvalue weighted by Gasteiger charge is -2.34. The van der Waals surface area contributed by atoms with Crippen LogP contribution in [0.3, 0.4) is 0 Å². The summed E-state index contributed by atoms with van der Waals surface area (Å²) in [7, 11) is 0. The summed E-state index contributed by atoms with van der Waals surface area (Å²) in [4.78, 5) is 38.0. The van der Waals surface area contributed by atoms with Crippen LogP contribution in [0.5, 0.6) is 0 Å². The summed E-state index contributed by atoms with van der Waals surface area (Å²) in [6.45, 7) is 5.79. The number of benzene rings is 1. The smallest absolute Gasteiger partial charge is 0.409 e. The molecule has 1 saturated heterocycles. The van der Waals surface area contributed by atoms with E-state index >= 15 is 0 Å². The summed E-state index contributed by atoms with van der Waals surface area (Å²) in [6.07, 6.45) is 6.15. The van der Waals surface area contributed by atoms with Crippen LogP contribution in [0, 0.1) is 6.92 Å². The van der Waals surface area contributed by atoms with Crippen molar-refractivity contribution in [1.29, 1.82) is 0 Å². The molecule has 3 aromatic rings. The maximum Gasteiger partial charge on any atom is 0.409 e. The maximum absolute atomic E-state index is 13.2. The standard InChI is InChI=1S/C25H28N6O3/c1-3-34-25(33)30-13-11-29(12-14-30)23(32)21-16-27-31(17(21)2)24-26-15-19-9-6-8-18-7-4-5-10-20(18)22(19)28-24/h4-5,7,10,15-16H,3,6,8-9,11-14H2,1-2H3. The van der Waals surface area contributed by atoms with Gasteiger partial charge in [-0.1, -0.05) is 24.3 Å². The number of carbonyl (C=O) groups excluding carboxylic acids is 2. The Balaban J connectivity index is 1.38. The summed E-state index contributed by atoms with van der Waals surface area (Å²) < 4.78 is 6.69. The highest BCUT2D eigenvalue weighted by Crippen LogP contribution is 2.31. The number of hydrogen-bond donors (Lipinski definition) is 0. The summed E-state index contributed by atoms with van der Waals surface area (Å²) in [5.74, 6) is 0.353. The van der Waals surface area contributed by atoms with Crippen molar-refractivity contribution >= 4 is 12.0 Å². The van der Waals surface area contributed by atoms with E-state index < -0.39 is 0 Å². The fourth-order valence-corrected chi connectivity index (χ4v) is 4.65. The number of ether oxygens (including phenoxy) is 1. The summed E-state index contributed by atoms with van der Waals surface area (Å²) in [5, 5.41) is 4.46. The monoisotopic (exact) mass is 460 g/mol. The largest absolute Gasteiger partial charge is 0.450 e. The number of amides is 2. The fourth-order valence-electron chi connectivity index (χ4n) is 4.65. The molecule has 0 bridgehead atoms. The third-order valence-electron chi connectivity index (χ3n) is 6.54. The van der Waals surface area contributed by atoms with Gasteiger partial charge in [0.1, 0.15) is 0 Å². The number of piperazine rings is 1. The van der Waals surface area contributed by atoms with Crippen molar-refractivity contribution < 1.29 is 14.3 Å². The molecule has 2 aromatic heterocycles. The van der Waals surface area contributed by atoms with E-state index in [0.717, 1.165) is 36.1 Å². The van der Waals surface area contributed by atoms with Gasteiger partial charge in [-0.2, -0.15) is 5.10 Å². The Hall–Kier alpha value is -3.75. The minimum atomic E-state index is -0.333. The van der Waals surface area contributed by atoms with Gasteiger partial charge in [0.2, 0.25) is 0 Å². The molecule has 0 saturated carbocycles. The van der Waals surface area contributed by atoms with Gasteiger partial charge >= 0.3 is 6.09 Å². The van der Waals surface area contributed by atoms with Crippen LogP contribution in [-0.2, 0) is 17.6 Å². The van der Waals surface area contributed by atoms with E-state index in [1.54, 1.807) is 27.6 Å². The molecule has 0 unspecified atom stereocenters. The highest BCUT2D eigenvalue weighted by molar-refractivity contribution is 5.95. The molecule has 2 aliphatic rings. The summed E-state index contributed by atoms with van der Waals surface area (Å²) in [6, 6.07) is 8.36. The van der Waals surface area contributed by atoms with Gasteiger partial charge in [0.25, 0.3) is 11.9 Å². The Morgan fingerprint density at radius 3 is 2.53 bits per heavy atom. The lowest BCUT2D eigenvalue weighted by Crippen LogP contribution is -2.50. The molecular formula is C25H28N6O3. The highest BCUT2D eigenvalue weighted by Gasteiger charge is 2.28. The summed E-state index contributed by atoms with van der Waals surface area (Å²) >= 11 is 0. The molecule has 9 nitrogen and oxygen atoms in total. The van der Waals surface area contributed by atoms with Crippen molar-refractivity contribution in [3.05, 3.63) is 59.0 Å². The van der Waals surface area contributed by atoms with E-state index in [0.29, 0.717) is 50.0 Å². The number of nitrogens with zero attached hydrogens (tertiary/aromatic N) is 6. The molecular weight excluding hydrogens is 432 g/mol. The molecule has 0 spiro atoms. The Morgan fingerprint density at radius 2 is 1.74 bits per heavy atom. The van der Waals surface area contributed by atoms with Crippen molar-refractivity contribution in [3.8, 4) is 17.2 Å².